The fourth-order valence-electron chi connectivity index (χ4n) is 2.91. The number of anilines is 1. The van der Waals surface area contributed by atoms with Crippen molar-refractivity contribution in [3.8, 4) is 5.75 Å². The summed E-state index contributed by atoms with van der Waals surface area (Å²) in [5, 5.41) is 2.76. The fourth-order valence-corrected chi connectivity index (χ4v) is 2.91. The van der Waals surface area contributed by atoms with Gasteiger partial charge in [-0.15, -0.1) is 0 Å². The summed E-state index contributed by atoms with van der Waals surface area (Å²) in [5.41, 5.74) is 6.79. The molecule has 0 saturated heterocycles. The Morgan fingerprint density at radius 2 is 1.61 bits per heavy atom. The molecular weight excluding hydrogens is 394 g/mol. The van der Waals surface area contributed by atoms with Gasteiger partial charge >= 0.3 is 0 Å². The van der Waals surface area contributed by atoms with Crippen LogP contribution in [0.4, 0.5) is 5.69 Å². The first-order chi connectivity index (χ1) is 14.8. The predicted octanol–water partition coefficient (Wildman–Crippen LogP) is 4.17. The second-order valence-electron chi connectivity index (χ2n) is 7.43. The standard InChI is InChI=1S/C24H31N3O4/c1-5-9-22(28)25-19-14-12-18(13-15-19)24(30)27-26-23(29)17(4)31-21-11-8-7-10-20(21)16(3)6-2/h7-8,10-17H,5-6,9H2,1-4H3,(H,25,28)(H,26,29)(H,27,30). The first-order valence-corrected chi connectivity index (χ1v) is 10.6. The molecule has 166 valence electrons. The van der Waals surface area contributed by atoms with Crippen molar-refractivity contribution in [1.82, 2.24) is 10.9 Å². The Bertz CT molecular complexity index is 896. The van der Waals surface area contributed by atoms with Gasteiger partial charge in [0.15, 0.2) is 6.10 Å². The van der Waals surface area contributed by atoms with Gasteiger partial charge in [0.2, 0.25) is 5.91 Å². The lowest BCUT2D eigenvalue weighted by atomic mass is 9.98. The topological polar surface area (TPSA) is 96.5 Å². The molecule has 2 atom stereocenters. The summed E-state index contributed by atoms with van der Waals surface area (Å²) in [5.74, 6) is -0.0361. The molecule has 0 saturated carbocycles. The molecule has 7 nitrogen and oxygen atoms in total. The highest BCUT2D eigenvalue weighted by Crippen LogP contribution is 2.29. The minimum Gasteiger partial charge on any atom is -0.481 e. The van der Waals surface area contributed by atoms with Gasteiger partial charge in [-0.05, 0) is 61.6 Å². The summed E-state index contributed by atoms with van der Waals surface area (Å²) in [6.07, 6.45) is 1.37. The summed E-state index contributed by atoms with van der Waals surface area (Å²) < 4.78 is 5.84. The quantitative estimate of drug-likeness (QED) is 0.526. The lowest BCUT2D eigenvalue weighted by Gasteiger charge is -2.19. The second-order valence-corrected chi connectivity index (χ2v) is 7.43. The third-order valence-electron chi connectivity index (χ3n) is 4.94. The zero-order chi connectivity index (χ0) is 22.8. The maximum atomic E-state index is 12.4. The van der Waals surface area contributed by atoms with E-state index in [4.69, 9.17) is 4.74 Å². The van der Waals surface area contributed by atoms with Crippen molar-refractivity contribution in [1.29, 1.82) is 0 Å². The van der Waals surface area contributed by atoms with E-state index >= 15 is 0 Å². The molecule has 2 unspecified atom stereocenters. The van der Waals surface area contributed by atoms with Crippen LogP contribution in [0, 0.1) is 0 Å². The number of hydrogen-bond donors (Lipinski definition) is 3. The minimum absolute atomic E-state index is 0.0733. The van der Waals surface area contributed by atoms with Crippen LogP contribution in [0.1, 0.15) is 68.8 Å². The monoisotopic (exact) mass is 425 g/mol. The van der Waals surface area contributed by atoms with Gasteiger partial charge in [0.05, 0.1) is 0 Å². The van der Waals surface area contributed by atoms with Crippen LogP contribution in [-0.4, -0.2) is 23.8 Å². The van der Waals surface area contributed by atoms with Crippen molar-refractivity contribution in [2.45, 2.75) is 59.0 Å². The fraction of sp³-hybridized carbons (Fsp3) is 0.375. The molecule has 0 aliphatic carbocycles. The third-order valence-corrected chi connectivity index (χ3v) is 4.94. The van der Waals surface area contributed by atoms with Crippen molar-refractivity contribution in [3.05, 3.63) is 59.7 Å². The Balaban J connectivity index is 1.89. The summed E-state index contributed by atoms with van der Waals surface area (Å²) in [7, 11) is 0. The first kappa shape index (κ1) is 23.9. The van der Waals surface area contributed by atoms with Gasteiger partial charge in [0.1, 0.15) is 5.75 Å². The number of nitrogens with one attached hydrogen (secondary N) is 3. The Morgan fingerprint density at radius 1 is 0.935 bits per heavy atom. The van der Waals surface area contributed by atoms with Crippen molar-refractivity contribution >= 4 is 23.4 Å². The molecule has 7 heteroatoms. The number of carbonyl (C=O) groups excluding carboxylic acids is 3. The molecule has 0 radical (unpaired) electrons. The number of benzene rings is 2. The number of carbonyl (C=O) groups is 3. The molecule has 0 bridgehead atoms. The van der Waals surface area contributed by atoms with Crippen molar-refractivity contribution in [2.75, 3.05) is 5.32 Å². The molecule has 3 N–H and O–H groups in total. The summed E-state index contributed by atoms with van der Waals surface area (Å²) in [6.45, 7) is 7.76. The number of amides is 3. The van der Waals surface area contributed by atoms with Gasteiger partial charge in [-0.2, -0.15) is 0 Å². The molecule has 0 fully saturated rings. The molecule has 0 aliphatic rings. The van der Waals surface area contributed by atoms with Gasteiger partial charge in [0, 0.05) is 17.7 Å². The maximum Gasteiger partial charge on any atom is 0.279 e. The van der Waals surface area contributed by atoms with Gasteiger partial charge in [-0.25, -0.2) is 0 Å². The summed E-state index contributed by atoms with van der Waals surface area (Å²) in [4.78, 5) is 36.3. The van der Waals surface area contributed by atoms with Crippen LogP contribution in [0.25, 0.3) is 0 Å². The smallest absolute Gasteiger partial charge is 0.279 e. The second kappa shape index (κ2) is 11.7. The lowest BCUT2D eigenvalue weighted by Crippen LogP contribution is -2.47. The molecule has 2 aromatic rings. The van der Waals surface area contributed by atoms with Crippen LogP contribution in [0.2, 0.25) is 0 Å². The zero-order valence-electron chi connectivity index (χ0n) is 18.5. The Kier molecular flexibility index (Phi) is 9.06. The van der Waals surface area contributed by atoms with E-state index in [1.54, 1.807) is 31.2 Å². The average Bonchev–Trinajstić information content (AvgIpc) is 2.77. The number of rotatable bonds is 9. The molecule has 0 aliphatic heterocycles. The van der Waals surface area contributed by atoms with Crippen LogP contribution in [-0.2, 0) is 9.59 Å². The highest BCUT2D eigenvalue weighted by atomic mass is 16.5. The lowest BCUT2D eigenvalue weighted by molar-refractivity contribution is -0.128. The van der Waals surface area contributed by atoms with E-state index in [-0.39, 0.29) is 5.91 Å². The maximum absolute atomic E-state index is 12.4. The number of hydrogen-bond acceptors (Lipinski definition) is 4. The van der Waals surface area contributed by atoms with Crippen molar-refractivity contribution in [3.63, 3.8) is 0 Å². The van der Waals surface area contributed by atoms with Gasteiger partial charge in [0.25, 0.3) is 11.8 Å². The van der Waals surface area contributed by atoms with Crippen LogP contribution in [0.5, 0.6) is 5.75 Å². The normalized spacial score (nSPS) is 12.4. The Labute approximate surface area is 183 Å². The van der Waals surface area contributed by atoms with E-state index < -0.39 is 17.9 Å². The SMILES string of the molecule is CCCC(=O)Nc1ccc(C(=O)NNC(=O)C(C)Oc2ccccc2C(C)CC)cc1. The molecular formula is C24H31N3O4. The van der Waals surface area contributed by atoms with Crippen LogP contribution < -0.4 is 20.9 Å². The van der Waals surface area contributed by atoms with E-state index in [1.807, 2.05) is 31.2 Å². The average molecular weight is 426 g/mol. The molecule has 0 aromatic heterocycles. The van der Waals surface area contributed by atoms with Crippen LogP contribution >= 0.6 is 0 Å². The van der Waals surface area contributed by atoms with E-state index in [1.165, 1.54) is 0 Å². The van der Waals surface area contributed by atoms with Crippen molar-refractivity contribution in [2.24, 2.45) is 0 Å². The van der Waals surface area contributed by atoms with Crippen LogP contribution in [0.3, 0.4) is 0 Å². The molecule has 2 aromatic carbocycles. The number of para-hydroxylation sites is 1. The van der Waals surface area contributed by atoms with E-state index in [0.717, 1.165) is 18.4 Å². The first-order valence-electron chi connectivity index (χ1n) is 10.6. The zero-order valence-corrected chi connectivity index (χ0v) is 18.5. The van der Waals surface area contributed by atoms with E-state index in [0.29, 0.717) is 29.3 Å². The van der Waals surface area contributed by atoms with Crippen LogP contribution in [0.15, 0.2) is 48.5 Å². The molecule has 0 heterocycles. The Hall–Kier alpha value is -3.35. The van der Waals surface area contributed by atoms with E-state index in [2.05, 4.69) is 30.0 Å². The number of ether oxygens (including phenoxy) is 1. The largest absolute Gasteiger partial charge is 0.481 e. The Morgan fingerprint density at radius 3 is 2.26 bits per heavy atom. The predicted molar refractivity (Wildman–Crippen MR) is 121 cm³/mol. The summed E-state index contributed by atoms with van der Waals surface area (Å²) in [6, 6.07) is 14.1. The van der Waals surface area contributed by atoms with Gasteiger partial charge < -0.3 is 10.1 Å². The number of hydrazine groups is 1. The van der Waals surface area contributed by atoms with E-state index in [9.17, 15) is 14.4 Å². The molecule has 0 spiro atoms. The molecule has 2 rings (SSSR count). The van der Waals surface area contributed by atoms with Crippen molar-refractivity contribution < 1.29 is 19.1 Å². The molecule has 31 heavy (non-hydrogen) atoms. The highest BCUT2D eigenvalue weighted by molar-refractivity contribution is 5.97. The van der Waals surface area contributed by atoms with Gasteiger partial charge in [-0.1, -0.05) is 39.0 Å². The summed E-state index contributed by atoms with van der Waals surface area (Å²) >= 11 is 0. The highest BCUT2D eigenvalue weighted by Gasteiger charge is 2.18. The minimum atomic E-state index is -0.790. The van der Waals surface area contributed by atoms with Gasteiger partial charge in [-0.3, -0.25) is 25.2 Å². The third kappa shape index (κ3) is 7.13. The molecule has 3 amide bonds.